The third kappa shape index (κ3) is 2.77. The van der Waals surface area contributed by atoms with Crippen LogP contribution in [0.15, 0.2) is 18.3 Å². The van der Waals surface area contributed by atoms with Gasteiger partial charge in [-0.2, -0.15) is 5.10 Å². The second-order valence-corrected chi connectivity index (χ2v) is 4.42. The number of hydrogen-bond acceptors (Lipinski definition) is 4. The predicted molar refractivity (Wildman–Crippen MR) is 71.6 cm³/mol. The van der Waals surface area contributed by atoms with Crippen LogP contribution in [0.1, 0.15) is 15.9 Å². The summed E-state index contributed by atoms with van der Waals surface area (Å²) in [6.07, 6.45) is 0.565. The number of nitrogens with one attached hydrogen (secondary N) is 2. The number of H-pyrrole nitrogens is 1. The van der Waals surface area contributed by atoms with Crippen molar-refractivity contribution in [2.45, 2.75) is 13.0 Å². The molecule has 3 N–H and O–H groups in total. The minimum absolute atomic E-state index is 0.103. The highest BCUT2D eigenvalue weighted by molar-refractivity contribution is 6.05. The van der Waals surface area contributed by atoms with E-state index in [0.29, 0.717) is 11.1 Å². The van der Waals surface area contributed by atoms with E-state index in [1.807, 2.05) is 13.0 Å². The van der Waals surface area contributed by atoms with Crippen LogP contribution in [0.4, 0.5) is 0 Å². The summed E-state index contributed by atoms with van der Waals surface area (Å²) in [5.74, 6) is -1.49. The van der Waals surface area contributed by atoms with Gasteiger partial charge in [0.15, 0.2) is 6.10 Å². The quantitative estimate of drug-likeness (QED) is 0.746. The number of carboxylic acids is 1. The zero-order chi connectivity index (χ0) is 14.7. The molecular formula is C13H15N3O4. The summed E-state index contributed by atoms with van der Waals surface area (Å²) in [6.45, 7) is 1.77. The van der Waals surface area contributed by atoms with Crippen molar-refractivity contribution in [3.05, 3.63) is 29.5 Å². The Kier molecular flexibility index (Phi) is 3.99. The number of carboxylic acid groups (broad SMARTS) is 1. The molecule has 0 bridgehead atoms. The number of fused-ring (bicyclic) bond motifs is 1. The van der Waals surface area contributed by atoms with Crippen molar-refractivity contribution in [1.82, 2.24) is 15.5 Å². The Hall–Kier alpha value is -2.41. The number of aryl methyl sites for hydroxylation is 1. The number of rotatable bonds is 5. The normalized spacial score (nSPS) is 12.3. The smallest absolute Gasteiger partial charge is 0.334 e. The van der Waals surface area contributed by atoms with Crippen LogP contribution < -0.4 is 5.32 Å². The number of aromatic amines is 1. The summed E-state index contributed by atoms with van der Waals surface area (Å²) < 4.78 is 4.76. The van der Waals surface area contributed by atoms with E-state index < -0.39 is 12.1 Å². The zero-order valence-corrected chi connectivity index (χ0v) is 11.1. The number of carbonyl (C=O) groups excluding carboxylic acids is 1. The lowest BCUT2D eigenvalue weighted by Crippen LogP contribution is -2.37. The van der Waals surface area contributed by atoms with Crippen LogP contribution in [0.5, 0.6) is 0 Å². The van der Waals surface area contributed by atoms with Crippen molar-refractivity contribution in [2.24, 2.45) is 0 Å². The molecule has 0 spiro atoms. The number of aromatic nitrogens is 2. The zero-order valence-electron chi connectivity index (χ0n) is 11.1. The van der Waals surface area contributed by atoms with Crippen molar-refractivity contribution in [2.75, 3.05) is 13.7 Å². The topological polar surface area (TPSA) is 104 Å². The molecule has 106 valence electrons. The van der Waals surface area contributed by atoms with E-state index in [1.54, 1.807) is 12.3 Å². The fourth-order valence-corrected chi connectivity index (χ4v) is 1.94. The monoisotopic (exact) mass is 277 g/mol. The van der Waals surface area contributed by atoms with Crippen LogP contribution in [0, 0.1) is 6.92 Å². The molecule has 0 fully saturated rings. The summed E-state index contributed by atoms with van der Waals surface area (Å²) in [5.41, 5.74) is 1.97. The average Bonchev–Trinajstić information content (AvgIpc) is 2.85. The Morgan fingerprint density at radius 3 is 2.90 bits per heavy atom. The second kappa shape index (κ2) is 5.70. The van der Waals surface area contributed by atoms with Crippen LogP contribution in [-0.2, 0) is 9.53 Å². The molecule has 0 aliphatic heterocycles. The number of nitrogens with zero attached hydrogens (tertiary/aromatic N) is 1. The molecule has 1 amide bonds. The molecule has 7 nitrogen and oxygen atoms in total. The molecule has 2 aromatic rings. The van der Waals surface area contributed by atoms with E-state index in [4.69, 9.17) is 9.84 Å². The lowest BCUT2D eigenvalue weighted by atomic mass is 10.1. The van der Waals surface area contributed by atoms with Gasteiger partial charge in [-0.05, 0) is 24.6 Å². The molecule has 1 atom stereocenters. The minimum Gasteiger partial charge on any atom is -0.479 e. The van der Waals surface area contributed by atoms with Gasteiger partial charge in [0.05, 0.1) is 23.8 Å². The molecule has 20 heavy (non-hydrogen) atoms. The molecule has 2 rings (SSSR count). The van der Waals surface area contributed by atoms with Crippen molar-refractivity contribution < 1.29 is 19.4 Å². The van der Waals surface area contributed by atoms with Gasteiger partial charge in [-0.15, -0.1) is 0 Å². The maximum atomic E-state index is 12.1. The van der Waals surface area contributed by atoms with E-state index in [0.717, 1.165) is 10.9 Å². The molecule has 0 saturated carbocycles. The molecule has 1 heterocycles. The molecule has 0 radical (unpaired) electrons. The average molecular weight is 277 g/mol. The molecular weight excluding hydrogens is 262 g/mol. The number of amides is 1. The van der Waals surface area contributed by atoms with Gasteiger partial charge in [0.1, 0.15) is 0 Å². The Morgan fingerprint density at radius 1 is 1.50 bits per heavy atom. The molecule has 0 aliphatic carbocycles. The second-order valence-electron chi connectivity index (χ2n) is 4.42. The van der Waals surface area contributed by atoms with E-state index in [1.165, 1.54) is 7.11 Å². The Labute approximate surface area is 114 Å². The number of methoxy groups -OCH3 is 1. The minimum atomic E-state index is -1.12. The number of ether oxygens (including phenoxy) is 1. The van der Waals surface area contributed by atoms with Crippen molar-refractivity contribution in [3.63, 3.8) is 0 Å². The van der Waals surface area contributed by atoms with E-state index in [-0.39, 0.29) is 12.5 Å². The van der Waals surface area contributed by atoms with Crippen molar-refractivity contribution >= 4 is 22.8 Å². The summed E-state index contributed by atoms with van der Waals surface area (Å²) in [4.78, 5) is 23.0. The van der Waals surface area contributed by atoms with Crippen LogP contribution in [0.25, 0.3) is 10.9 Å². The summed E-state index contributed by atoms with van der Waals surface area (Å²) in [7, 11) is 1.28. The molecule has 1 unspecified atom stereocenters. The maximum absolute atomic E-state index is 12.1. The first-order valence-electron chi connectivity index (χ1n) is 6.00. The maximum Gasteiger partial charge on any atom is 0.334 e. The molecule has 7 heteroatoms. The Morgan fingerprint density at radius 2 is 2.25 bits per heavy atom. The first kappa shape index (κ1) is 14.0. The van der Waals surface area contributed by atoms with E-state index >= 15 is 0 Å². The third-order valence-corrected chi connectivity index (χ3v) is 2.95. The van der Waals surface area contributed by atoms with Gasteiger partial charge in [0, 0.05) is 12.5 Å². The van der Waals surface area contributed by atoms with Gasteiger partial charge in [-0.1, -0.05) is 0 Å². The third-order valence-electron chi connectivity index (χ3n) is 2.95. The van der Waals surface area contributed by atoms with Crippen LogP contribution >= 0.6 is 0 Å². The molecule has 1 aromatic carbocycles. The van der Waals surface area contributed by atoms with Gasteiger partial charge in [0.2, 0.25) is 0 Å². The standard InChI is InChI=1S/C13H15N3O4/c1-7-3-8-5-15-16-11(8)9(4-7)12(17)14-6-10(20-2)13(18)19/h3-5,10H,6H2,1-2H3,(H,14,17)(H,15,16)(H,18,19). The highest BCUT2D eigenvalue weighted by Gasteiger charge is 2.19. The molecule has 1 aromatic heterocycles. The van der Waals surface area contributed by atoms with E-state index in [9.17, 15) is 9.59 Å². The lowest BCUT2D eigenvalue weighted by Gasteiger charge is -2.12. The van der Waals surface area contributed by atoms with Gasteiger partial charge in [-0.3, -0.25) is 9.89 Å². The highest BCUT2D eigenvalue weighted by atomic mass is 16.5. The van der Waals surface area contributed by atoms with Crippen LogP contribution in [0.3, 0.4) is 0 Å². The fraction of sp³-hybridized carbons (Fsp3) is 0.308. The molecule has 0 aliphatic rings. The number of carbonyl (C=O) groups is 2. The largest absolute Gasteiger partial charge is 0.479 e. The first-order valence-corrected chi connectivity index (χ1v) is 6.00. The number of benzene rings is 1. The van der Waals surface area contributed by atoms with Crippen LogP contribution in [0.2, 0.25) is 0 Å². The van der Waals surface area contributed by atoms with Gasteiger partial charge in [0.25, 0.3) is 5.91 Å². The van der Waals surface area contributed by atoms with Gasteiger partial charge in [-0.25, -0.2) is 4.79 Å². The summed E-state index contributed by atoms with van der Waals surface area (Å²) >= 11 is 0. The first-order chi connectivity index (χ1) is 9.52. The summed E-state index contributed by atoms with van der Waals surface area (Å²) in [5, 5.41) is 18.9. The predicted octanol–water partition coefficient (Wildman–Crippen LogP) is 0.701. The SMILES string of the molecule is COC(CNC(=O)c1cc(C)cc2cn[nH]c12)C(=O)O. The summed E-state index contributed by atoms with van der Waals surface area (Å²) in [6, 6.07) is 3.63. The Bertz CT molecular complexity index is 650. The highest BCUT2D eigenvalue weighted by Crippen LogP contribution is 2.18. The van der Waals surface area contributed by atoms with Crippen molar-refractivity contribution in [1.29, 1.82) is 0 Å². The number of aliphatic carboxylic acids is 1. The van der Waals surface area contributed by atoms with E-state index in [2.05, 4.69) is 15.5 Å². The van der Waals surface area contributed by atoms with Crippen LogP contribution in [-0.4, -0.2) is 46.9 Å². The van der Waals surface area contributed by atoms with Gasteiger partial charge >= 0.3 is 5.97 Å². The number of hydrogen-bond donors (Lipinski definition) is 3. The molecule has 0 saturated heterocycles. The van der Waals surface area contributed by atoms with Crippen molar-refractivity contribution in [3.8, 4) is 0 Å². The lowest BCUT2D eigenvalue weighted by molar-refractivity contribution is -0.148. The fourth-order valence-electron chi connectivity index (χ4n) is 1.94. The Balaban J connectivity index is 2.19. The van der Waals surface area contributed by atoms with Gasteiger partial charge < -0.3 is 15.2 Å².